The second kappa shape index (κ2) is 9.55. The number of ether oxygens (including phenoxy) is 1. The number of nitrogens with one attached hydrogen (secondary N) is 1. The fraction of sp³-hybridized carbons (Fsp3) is 0.423. The van der Waals surface area contributed by atoms with Crippen LogP contribution in [0.15, 0.2) is 48.5 Å². The topological polar surface area (TPSA) is 42.3 Å². The van der Waals surface area contributed by atoms with Crippen LogP contribution in [0, 0.1) is 0 Å². The lowest BCUT2D eigenvalue weighted by Gasteiger charge is -2.31. The Bertz CT molecular complexity index is 1060. The van der Waals surface area contributed by atoms with Crippen LogP contribution in [0.5, 0.6) is 5.75 Å². The molecule has 168 valence electrons. The molecule has 6 heteroatoms. The quantitative estimate of drug-likeness (QED) is 0.544. The van der Waals surface area contributed by atoms with Gasteiger partial charge in [-0.25, -0.2) is 4.68 Å². The zero-order chi connectivity index (χ0) is 21.9. The van der Waals surface area contributed by atoms with E-state index in [0.717, 1.165) is 62.7 Å². The van der Waals surface area contributed by atoms with Gasteiger partial charge in [-0.2, -0.15) is 5.10 Å². The van der Waals surface area contributed by atoms with Gasteiger partial charge in [0.1, 0.15) is 17.3 Å². The van der Waals surface area contributed by atoms with Crippen molar-refractivity contribution in [1.29, 1.82) is 0 Å². The van der Waals surface area contributed by atoms with Crippen molar-refractivity contribution in [2.24, 2.45) is 0 Å². The van der Waals surface area contributed by atoms with Gasteiger partial charge in [-0.05, 0) is 69.0 Å². The average Bonchev–Trinajstić information content (AvgIpc) is 3.00. The molecule has 5 nitrogen and oxygen atoms in total. The summed E-state index contributed by atoms with van der Waals surface area (Å²) < 4.78 is 7.69. The van der Waals surface area contributed by atoms with Gasteiger partial charge in [0.25, 0.3) is 0 Å². The number of aromatic nitrogens is 2. The van der Waals surface area contributed by atoms with Gasteiger partial charge in [0.15, 0.2) is 0 Å². The van der Waals surface area contributed by atoms with E-state index < -0.39 is 0 Å². The molecule has 5 rings (SSSR count). The normalized spacial score (nSPS) is 17.4. The Balaban J connectivity index is 1.42. The van der Waals surface area contributed by atoms with Gasteiger partial charge >= 0.3 is 0 Å². The van der Waals surface area contributed by atoms with Crippen LogP contribution < -0.4 is 10.1 Å². The molecule has 0 aliphatic carbocycles. The van der Waals surface area contributed by atoms with Crippen LogP contribution in [0.2, 0.25) is 5.02 Å². The molecule has 0 saturated carbocycles. The van der Waals surface area contributed by atoms with Gasteiger partial charge < -0.3 is 10.1 Å². The highest BCUT2D eigenvalue weighted by atomic mass is 35.5. The van der Waals surface area contributed by atoms with E-state index in [4.69, 9.17) is 21.4 Å². The Kier molecular flexibility index (Phi) is 6.37. The highest BCUT2D eigenvalue weighted by Crippen LogP contribution is 2.38. The molecule has 2 aliphatic rings. The van der Waals surface area contributed by atoms with Gasteiger partial charge in [-0.1, -0.05) is 41.9 Å². The second-order valence-electron chi connectivity index (χ2n) is 8.86. The third-order valence-electron chi connectivity index (χ3n) is 6.75. The number of fused-ring (bicyclic) bond motifs is 1. The maximum absolute atomic E-state index is 6.35. The third-order valence-corrected chi connectivity index (χ3v) is 6.99. The van der Waals surface area contributed by atoms with Crippen molar-refractivity contribution in [3.63, 3.8) is 0 Å². The lowest BCUT2D eigenvalue weighted by Crippen LogP contribution is -2.32. The summed E-state index contributed by atoms with van der Waals surface area (Å²) in [6.45, 7) is 4.21. The summed E-state index contributed by atoms with van der Waals surface area (Å²) in [5.41, 5.74) is 4.93. The molecule has 0 bridgehead atoms. The maximum Gasteiger partial charge on any atom is 0.144 e. The lowest BCUT2D eigenvalue weighted by atomic mass is 9.90. The van der Waals surface area contributed by atoms with Crippen molar-refractivity contribution in [3.8, 4) is 11.4 Å². The molecular weight excluding hydrogens is 420 g/mol. The van der Waals surface area contributed by atoms with E-state index in [9.17, 15) is 0 Å². The predicted molar refractivity (Wildman–Crippen MR) is 130 cm³/mol. The third kappa shape index (κ3) is 4.37. The highest BCUT2D eigenvalue weighted by Gasteiger charge is 2.29. The van der Waals surface area contributed by atoms with E-state index in [1.54, 1.807) is 7.11 Å². The van der Waals surface area contributed by atoms with Crippen LogP contribution in [0.4, 0.5) is 5.82 Å². The molecule has 0 unspecified atom stereocenters. The first kappa shape index (κ1) is 21.4. The standard InChI is InChI=1S/C26H31ClN4O/c1-32-24-11-10-21(27)17-23(24)31-26-22(9-5-6-14-28-26)25(29-31)20-12-15-30(16-13-20)18-19-7-3-2-4-8-19/h2-4,7-8,10-11,17,20,28H,5-6,9,12-16,18H2,1H3. The number of piperidine rings is 1. The number of halogens is 1. The van der Waals surface area contributed by atoms with E-state index in [-0.39, 0.29) is 0 Å². The Labute approximate surface area is 195 Å². The Morgan fingerprint density at radius 1 is 1.09 bits per heavy atom. The van der Waals surface area contributed by atoms with Gasteiger partial charge in [0, 0.05) is 29.6 Å². The first-order valence-electron chi connectivity index (χ1n) is 11.7. The first-order chi connectivity index (χ1) is 15.7. The second-order valence-corrected chi connectivity index (χ2v) is 9.30. The number of hydrogen-bond acceptors (Lipinski definition) is 4. The van der Waals surface area contributed by atoms with E-state index >= 15 is 0 Å². The number of anilines is 1. The number of likely N-dealkylation sites (tertiary alicyclic amines) is 1. The minimum absolute atomic E-state index is 0.488. The van der Waals surface area contributed by atoms with Crippen molar-refractivity contribution in [2.45, 2.75) is 44.6 Å². The summed E-state index contributed by atoms with van der Waals surface area (Å²) in [6, 6.07) is 16.5. The SMILES string of the molecule is COc1ccc(Cl)cc1-n1nc(C2CCN(Cc3ccccc3)CC2)c2c1NCCCC2. The number of methoxy groups -OCH3 is 1. The Morgan fingerprint density at radius 3 is 2.69 bits per heavy atom. The smallest absolute Gasteiger partial charge is 0.144 e. The first-order valence-corrected chi connectivity index (χ1v) is 12.1. The minimum atomic E-state index is 0.488. The summed E-state index contributed by atoms with van der Waals surface area (Å²) in [4.78, 5) is 2.57. The molecule has 1 fully saturated rings. The fourth-order valence-electron chi connectivity index (χ4n) is 5.07. The summed E-state index contributed by atoms with van der Waals surface area (Å²) in [5.74, 6) is 2.39. The zero-order valence-corrected chi connectivity index (χ0v) is 19.4. The fourth-order valence-corrected chi connectivity index (χ4v) is 5.23. The van der Waals surface area contributed by atoms with Crippen LogP contribution in [0.25, 0.3) is 5.69 Å². The monoisotopic (exact) mass is 450 g/mol. The van der Waals surface area contributed by atoms with Crippen LogP contribution in [-0.4, -0.2) is 41.4 Å². The van der Waals surface area contributed by atoms with E-state index in [0.29, 0.717) is 10.9 Å². The van der Waals surface area contributed by atoms with E-state index in [1.165, 1.54) is 29.7 Å². The molecule has 0 spiro atoms. The Hall–Kier alpha value is -2.50. The van der Waals surface area contributed by atoms with Crippen molar-refractivity contribution < 1.29 is 4.74 Å². The maximum atomic E-state index is 6.35. The van der Waals surface area contributed by atoms with E-state index in [1.807, 2.05) is 22.9 Å². The molecule has 1 saturated heterocycles. The molecule has 2 aliphatic heterocycles. The van der Waals surface area contributed by atoms with Crippen LogP contribution >= 0.6 is 11.6 Å². The zero-order valence-electron chi connectivity index (χ0n) is 18.7. The average molecular weight is 451 g/mol. The van der Waals surface area contributed by atoms with Gasteiger partial charge in [-0.15, -0.1) is 0 Å². The molecule has 32 heavy (non-hydrogen) atoms. The van der Waals surface area contributed by atoms with Crippen LogP contribution in [0.3, 0.4) is 0 Å². The van der Waals surface area contributed by atoms with Gasteiger partial charge in [0.05, 0.1) is 12.8 Å². The molecule has 0 amide bonds. The molecule has 3 aromatic rings. The molecule has 1 N–H and O–H groups in total. The van der Waals surface area contributed by atoms with Crippen molar-refractivity contribution in [1.82, 2.24) is 14.7 Å². The lowest BCUT2D eigenvalue weighted by molar-refractivity contribution is 0.203. The molecule has 1 aromatic heterocycles. The summed E-state index contributed by atoms with van der Waals surface area (Å²) in [6.07, 6.45) is 5.73. The van der Waals surface area contributed by atoms with Crippen LogP contribution in [0.1, 0.15) is 48.4 Å². The molecule has 2 aromatic carbocycles. The van der Waals surface area contributed by atoms with Gasteiger partial charge in [0.2, 0.25) is 0 Å². The number of benzene rings is 2. The van der Waals surface area contributed by atoms with Crippen molar-refractivity contribution in [2.75, 3.05) is 32.1 Å². The van der Waals surface area contributed by atoms with Crippen LogP contribution in [-0.2, 0) is 13.0 Å². The Morgan fingerprint density at radius 2 is 1.91 bits per heavy atom. The number of rotatable bonds is 5. The van der Waals surface area contributed by atoms with Crippen molar-refractivity contribution >= 4 is 17.4 Å². The van der Waals surface area contributed by atoms with E-state index in [2.05, 4.69) is 40.5 Å². The number of nitrogens with zero attached hydrogens (tertiary/aromatic N) is 3. The summed E-state index contributed by atoms with van der Waals surface area (Å²) >= 11 is 6.35. The number of hydrogen-bond donors (Lipinski definition) is 1. The molecule has 0 atom stereocenters. The minimum Gasteiger partial charge on any atom is -0.494 e. The predicted octanol–water partition coefficient (Wildman–Crippen LogP) is 5.66. The van der Waals surface area contributed by atoms with Crippen molar-refractivity contribution in [3.05, 3.63) is 70.4 Å². The molecule has 0 radical (unpaired) electrons. The largest absolute Gasteiger partial charge is 0.494 e. The summed E-state index contributed by atoms with van der Waals surface area (Å²) in [7, 11) is 1.70. The summed E-state index contributed by atoms with van der Waals surface area (Å²) in [5, 5.41) is 9.53. The highest BCUT2D eigenvalue weighted by molar-refractivity contribution is 6.30. The van der Waals surface area contributed by atoms with Gasteiger partial charge in [-0.3, -0.25) is 4.90 Å². The molecular formula is C26H31ClN4O. The molecule has 3 heterocycles.